The summed E-state index contributed by atoms with van der Waals surface area (Å²) in [5, 5.41) is 0. The van der Waals surface area contributed by atoms with Crippen LogP contribution in [0.2, 0.25) is 0 Å². The summed E-state index contributed by atoms with van der Waals surface area (Å²) in [4.78, 5) is 0. The fraction of sp³-hybridized carbons (Fsp3) is 0.385. The normalized spacial score (nSPS) is 27.9. The SMILES string of the molecule is C=C1CC[C@@H](c2ccccc2)[C@@H]1C. The van der Waals surface area contributed by atoms with Crippen LogP contribution in [0.4, 0.5) is 0 Å². The van der Waals surface area contributed by atoms with E-state index < -0.39 is 0 Å². The summed E-state index contributed by atoms with van der Waals surface area (Å²) in [6.07, 6.45) is 2.49. The van der Waals surface area contributed by atoms with Crippen molar-refractivity contribution in [1.29, 1.82) is 0 Å². The summed E-state index contributed by atoms with van der Waals surface area (Å²) in [7, 11) is 0. The van der Waals surface area contributed by atoms with Crippen LogP contribution in [0.15, 0.2) is 42.5 Å². The first-order valence-electron chi connectivity index (χ1n) is 5.01. The highest BCUT2D eigenvalue weighted by molar-refractivity contribution is 5.26. The molecule has 0 heterocycles. The predicted molar refractivity (Wildman–Crippen MR) is 56.7 cm³/mol. The summed E-state index contributed by atoms with van der Waals surface area (Å²) in [5.74, 6) is 1.39. The Morgan fingerprint density at radius 1 is 1.23 bits per heavy atom. The van der Waals surface area contributed by atoms with Gasteiger partial charge in [-0.3, -0.25) is 0 Å². The molecule has 0 nitrogen and oxygen atoms in total. The molecule has 1 aliphatic carbocycles. The van der Waals surface area contributed by atoms with E-state index in [4.69, 9.17) is 0 Å². The van der Waals surface area contributed by atoms with E-state index in [2.05, 4.69) is 43.8 Å². The minimum Gasteiger partial charge on any atom is -0.0996 e. The van der Waals surface area contributed by atoms with Crippen molar-refractivity contribution < 1.29 is 0 Å². The van der Waals surface area contributed by atoms with Crippen molar-refractivity contribution in [3.63, 3.8) is 0 Å². The van der Waals surface area contributed by atoms with Crippen LogP contribution in [-0.2, 0) is 0 Å². The van der Waals surface area contributed by atoms with Crippen molar-refractivity contribution >= 4 is 0 Å². The molecule has 1 aromatic rings. The van der Waals surface area contributed by atoms with Gasteiger partial charge in [-0.25, -0.2) is 0 Å². The first-order chi connectivity index (χ1) is 6.29. The van der Waals surface area contributed by atoms with E-state index in [1.807, 2.05) is 0 Å². The molecule has 13 heavy (non-hydrogen) atoms. The van der Waals surface area contributed by atoms with Gasteiger partial charge in [0.15, 0.2) is 0 Å². The summed E-state index contributed by atoms with van der Waals surface area (Å²) < 4.78 is 0. The average Bonchev–Trinajstić information content (AvgIpc) is 2.49. The van der Waals surface area contributed by atoms with Crippen LogP contribution in [0.1, 0.15) is 31.2 Å². The zero-order chi connectivity index (χ0) is 9.26. The van der Waals surface area contributed by atoms with Gasteiger partial charge in [-0.1, -0.05) is 49.4 Å². The maximum absolute atomic E-state index is 4.11. The van der Waals surface area contributed by atoms with Crippen LogP contribution >= 0.6 is 0 Å². The van der Waals surface area contributed by atoms with E-state index in [-0.39, 0.29) is 0 Å². The van der Waals surface area contributed by atoms with E-state index in [0.29, 0.717) is 11.8 Å². The summed E-state index contributed by atoms with van der Waals surface area (Å²) >= 11 is 0. The molecule has 0 spiro atoms. The van der Waals surface area contributed by atoms with Crippen LogP contribution in [0.3, 0.4) is 0 Å². The Kier molecular flexibility index (Phi) is 2.22. The molecule has 1 fully saturated rings. The molecule has 2 rings (SSSR count). The minimum absolute atomic E-state index is 0.669. The van der Waals surface area contributed by atoms with Crippen molar-refractivity contribution in [2.45, 2.75) is 25.7 Å². The number of rotatable bonds is 1. The maximum Gasteiger partial charge on any atom is -0.00960 e. The molecule has 0 amide bonds. The van der Waals surface area contributed by atoms with Gasteiger partial charge in [-0.2, -0.15) is 0 Å². The summed E-state index contributed by atoms with van der Waals surface area (Å²) in [5.41, 5.74) is 2.91. The number of hydrogen-bond acceptors (Lipinski definition) is 0. The van der Waals surface area contributed by atoms with Crippen LogP contribution in [0.25, 0.3) is 0 Å². The van der Waals surface area contributed by atoms with Gasteiger partial charge < -0.3 is 0 Å². The standard InChI is InChI=1S/C13H16/c1-10-8-9-13(11(10)2)12-6-4-3-5-7-12/h3-7,11,13H,1,8-9H2,2H3/t11-,13-/m1/s1. The number of benzene rings is 1. The van der Waals surface area contributed by atoms with Gasteiger partial charge in [0.25, 0.3) is 0 Å². The zero-order valence-corrected chi connectivity index (χ0v) is 8.16. The van der Waals surface area contributed by atoms with Crippen LogP contribution in [0.5, 0.6) is 0 Å². The first kappa shape index (κ1) is 8.55. The van der Waals surface area contributed by atoms with Crippen molar-refractivity contribution in [1.82, 2.24) is 0 Å². The molecule has 0 N–H and O–H groups in total. The molecular weight excluding hydrogens is 156 g/mol. The molecule has 1 saturated carbocycles. The van der Waals surface area contributed by atoms with Crippen molar-refractivity contribution in [2.24, 2.45) is 5.92 Å². The van der Waals surface area contributed by atoms with Crippen molar-refractivity contribution in [2.75, 3.05) is 0 Å². The summed E-state index contributed by atoms with van der Waals surface area (Å²) in [6, 6.07) is 10.8. The molecule has 0 heteroatoms. The van der Waals surface area contributed by atoms with Gasteiger partial charge in [0.2, 0.25) is 0 Å². The lowest BCUT2D eigenvalue weighted by atomic mass is 9.89. The fourth-order valence-electron chi connectivity index (χ4n) is 2.26. The molecule has 1 aromatic carbocycles. The molecule has 0 saturated heterocycles. The molecule has 0 bridgehead atoms. The predicted octanol–water partition coefficient (Wildman–Crippen LogP) is 3.76. The smallest absolute Gasteiger partial charge is 0.00960 e. The summed E-state index contributed by atoms with van der Waals surface area (Å²) in [6.45, 7) is 6.41. The van der Waals surface area contributed by atoms with Crippen molar-refractivity contribution in [3.05, 3.63) is 48.0 Å². The van der Waals surface area contributed by atoms with Crippen LogP contribution < -0.4 is 0 Å². The third-order valence-electron chi connectivity index (χ3n) is 3.25. The van der Waals surface area contributed by atoms with Gasteiger partial charge in [0.05, 0.1) is 0 Å². The van der Waals surface area contributed by atoms with Gasteiger partial charge in [0, 0.05) is 0 Å². The Morgan fingerprint density at radius 2 is 1.92 bits per heavy atom. The fourth-order valence-corrected chi connectivity index (χ4v) is 2.26. The molecule has 0 aliphatic heterocycles. The Morgan fingerprint density at radius 3 is 2.46 bits per heavy atom. The van der Waals surface area contributed by atoms with E-state index in [0.717, 1.165) is 0 Å². The Hall–Kier alpha value is -1.04. The highest BCUT2D eigenvalue weighted by Gasteiger charge is 2.27. The lowest BCUT2D eigenvalue weighted by Gasteiger charge is -2.15. The third-order valence-corrected chi connectivity index (χ3v) is 3.25. The van der Waals surface area contributed by atoms with E-state index in [1.165, 1.54) is 24.0 Å². The lowest BCUT2D eigenvalue weighted by Crippen LogP contribution is -2.02. The maximum atomic E-state index is 4.11. The topological polar surface area (TPSA) is 0 Å². The van der Waals surface area contributed by atoms with Crippen LogP contribution in [-0.4, -0.2) is 0 Å². The molecule has 2 atom stereocenters. The lowest BCUT2D eigenvalue weighted by molar-refractivity contribution is 0.584. The second-order valence-electron chi connectivity index (χ2n) is 4.00. The Balaban J connectivity index is 2.24. The quantitative estimate of drug-likeness (QED) is 0.566. The molecular formula is C13H16. The van der Waals surface area contributed by atoms with E-state index in [9.17, 15) is 0 Å². The monoisotopic (exact) mass is 172 g/mol. The average molecular weight is 172 g/mol. The van der Waals surface area contributed by atoms with Gasteiger partial charge in [0.1, 0.15) is 0 Å². The first-order valence-corrected chi connectivity index (χ1v) is 5.01. The second kappa shape index (κ2) is 3.37. The van der Waals surface area contributed by atoms with Gasteiger partial charge >= 0.3 is 0 Å². The molecule has 1 aliphatic rings. The minimum atomic E-state index is 0.669. The van der Waals surface area contributed by atoms with Crippen LogP contribution in [0, 0.1) is 5.92 Å². The highest BCUT2D eigenvalue weighted by Crippen LogP contribution is 2.41. The molecule has 0 aromatic heterocycles. The second-order valence-corrected chi connectivity index (χ2v) is 4.00. The molecule has 0 unspecified atom stereocenters. The van der Waals surface area contributed by atoms with Gasteiger partial charge in [-0.15, -0.1) is 0 Å². The van der Waals surface area contributed by atoms with E-state index >= 15 is 0 Å². The zero-order valence-electron chi connectivity index (χ0n) is 8.16. The Bertz CT molecular complexity index is 297. The largest absolute Gasteiger partial charge is 0.0996 e. The molecule has 68 valence electrons. The molecule has 0 radical (unpaired) electrons. The highest BCUT2D eigenvalue weighted by atomic mass is 14.3. The van der Waals surface area contributed by atoms with E-state index in [1.54, 1.807) is 0 Å². The van der Waals surface area contributed by atoms with Crippen molar-refractivity contribution in [3.8, 4) is 0 Å². The third kappa shape index (κ3) is 1.53. The number of allylic oxidation sites excluding steroid dienone is 1. The van der Waals surface area contributed by atoms with Gasteiger partial charge in [-0.05, 0) is 30.2 Å². The Labute approximate surface area is 80.3 Å². The number of hydrogen-bond donors (Lipinski definition) is 0.